The maximum atomic E-state index is 12.2. The number of hydrogen-bond donors (Lipinski definition) is 0. The molecule has 1 amide bonds. The largest absolute Gasteiger partial charge is 0.376 e. The topological polar surface area (TPSA) is 29.5 Å². The van der Waals surface area contributed by atoms with Crippen LogP contribution in [0.3, 0.4) is 0 Å². The van der Waals surface area contributed by atoms with E-state index in [2.05, 4.69) is 0 Å². The van der Waals surface area contributed by atoms with Gasteiger partial charge in [0, 0.05) is 25.8 Å². The van der Waals surface area contributed by atoms with E-state index >= 15 is 0 Å². The van der Waals surface area contributed by atoms with Gasteiger partial charge in [0.15, 0.2) is 0 Å². The average molecular weight is 273 g/mol. The number of carbonyl (C=O) groups excluding carboxylic acids is 1. The second-order valence-corrected chi connectivity index (χ2v) is 5.11. The molecule has 20 heavy (non-hydrogen) atoms. The molecular weight excluding hydrogens is 250 g/mol. The molecule has 0 bridgehead atoms. The van der Waals surface area contributed by atoms with Crippen molar-refractivity contribution in [2.45, 2.75) is 32.3 Å². The van der Waals surface area contributed by atoms with E-state index in [0.717, 1.165) is 31.6 Å². The van der Waals surface area contributed by atoms with Gasteiger partial charge in [0.25, 0.3) is 0 Å². The Bertz CT molecular complexity index is 436. The van der Waals surface area contributed by atoms with E-state index in [-0.39, 0.29) is 12.0 Å². The van der Waals surface area contributed by atoms with E-state index in [9.17, 15) is 4.79 Å². The highest BCUT2D eigenvalue weighted by molar-refractivity contribution is 5.91. The minimum absolute atomic E-state index is 0.0607. The van der Waals surface area contributed by atoms with Gasteiger partial charge in [0.05, 0.1) is 6.10 Å². The molecule has 0 radical (unpaired) electrons. The first kappa shape index (κ1) is 14.8. The molecule has 2 rings (SSSR count). The van der Waals surface area contributed by atoms with Crippen molar-refractivity contribution in [3.05, 3.63) is 42.0 Å². The van der Waals surface area contributed by atoms with Crippen LogP contribution in [0.25, 0.3) is 6.08 Å². The van der Waals surface area contributed by atoms with Gasteiger partial charge in [-0.15, -0.1) is 0 Å². The van der Waals surface area contributed by atoms with Gasteiger partial charge in [-0.3, -0.25) is 4.79 Å². The minimum atomic E-state index is 0.0607. The van der Waals surface area contributed by atoms with Crippen LogP contribution in [0.1, 0.15) is 31.7 Å². The summed E-state index contributed by atoms with van der Waals surface area (Å²) in [7, 11) is 0. The van der Waals surface area contributed by atoms with Gasteiger partial charge in [-0.05, 0) is 37.8 Å². The number of carbonyl (C=O) groups is 1. The van der Waals surface area contributed by atoms with Crippen LogP contribution >= 0.6 is 0 Å². The lowest BCUT2D eigenvalue weighted by Gasteiger charge is -2.28. The van der Waals surface area contributed by atoms with E-state index in [0.29, 0.717) is 6.54 Å². The highest BCUT2D eigenvalue weighted by Gasteiger charge is 2.18. The number of ether oxygens (including phenoxy) is 1. The molecule has 0 aromatic heterocycles. The molecule has 3 nitrogen and oxygen atoms in total. The van der Waals surface area contributed by atoms with E-state index in [1.54, 1.807) is 6.08 Å². The maximum absolute atomic E-state index is 12.2. The smallest absolute Gasteiger partial charge is 0.246 e. The Kier molecular flexibility index (Phi) is 5.81. The summed E-state index contributed by atoms with van der Waals surface area (Å²) >= 11 is 0. The van der Waals surface area contributed by atoms with Crippen LogP contribution in [-0.4, -0.2) is 36.6 Å². The minimum Gasteiger partial charge on any atom is -0.376 e. The summed E-state index contributed by atoms with van der Waals surface area (Å²) in [5.74, 6) is 0.0607. The van der Waals surface area contributed by atoms with Crippen LogP contribution in [0.4, 0.5) is 0 Å². The molecule has 1 unspecified atom stereocenters. The maximum Gasteiger partial charge on any atom is 0.246 e. The van der Waals surface area contributed by atoms with Crippen molar-refractivity contribution in [2.24, 2.45) is 0 Å². The van der Waals surface area contributed by atoms with Crippen molar-refractivity contribution >= 4 is 12.0 Å². The Hall–Kier alpha value is -1.61. The number of likely N-dealkylation sites (N-methyl/N-ethyl adjacent to an activating group) is 1. The summed E-state index contributed by atoms with van der Waals surface area (Å²) < 4.78 is 5.71. The molecule has 0 saturated carbocycles. The number of benzene rings is 1. The summed E-state index contributed by atoms with van der Waals surface area (Å²) in [6.45, 7) is 4.26. The Morgan fingerprint density at radius 3 is 2.80 bits per heavy atom. The van der Waals surface area contributed by atoms with Crippen LogP contribution < -0.4 is 0 Å². The second-order valence-electron chi connectivity index (χ2n) is 5.11. The first-order chi connectivity index (χ1) is 9.79. The van der Waals surface area contributed by atoms with Crippen molar-refractivity contribution in [1.82, 2.24) is 4.90 Å². The van der Waals surface area contributed by atoms with Gasteiger partial charge >= 0.3 is 0 Å². The van der Waals surface area contributed by atoms with E-state index in [4.69, 9.17) is 4.74 Å². The van der Waals surface area contributed by atoms with Crippen molar-refractivity contribution < 1.29 is 9.53 Å². The van der Waals surface area contributed by atoms with Gasteiger partial charge in [0.1, 0.15) is 0 Å². The van der Waals surface area contributed by atoms with E-state index in [1.807, 2.05) is 48.2 Å². The Morgan fingerprint density at radius 2 is 2.15 bits per heavy atom. The molecule has 108 valence electrons. The first-order valence-electron chi connectivity index (χ1n) is 7.43. The van der Waals surface area contributed by atoms with Gasteiger partial charge in [-0.25, -0.2) is 0 Å². The van der Waals surface area contributed by atoms with Gasteiger partial charge in [-0.2, -0.15) is 0 Å². The Labute approximate surface area is 121 Å². The van der Waals surface area contributed by atoms with Crippen LogP contribution in [0.5, 0.6) is 0 Å². The molecule has 1 aliphatic rings. The third-order valence-corrected chi connectivity index (χ3v) is 3.61. The third kappa shape index (κ3) is 4.49. The average Bonchev–Trinajstić information content (AvgIpc) is 2.52. The molecule has 0 aliphatic carbocycles. The number of hydrogen-bond acceptors (Lipinski definition) is 2. The molecule has 1 heterocycles. The summed E-state index contributed by atoms with van der Waals surface area (Å²) in [6.07, 6.45) is 7.14. The number of rotatable bonds is 5. The number of nitrogens with zero attached hydrogens (tertiary/aromatic N) is 1. The predicted molar refractivity (Wildman–Crippen MR) is 81.3 cm³/mol. The zero-order chi connectivity index (χ0) is 14.2. The third-order valence-electron chi connectivity index (χ3n) is 3.61. The molecule has 3 heteroatoms. The number of amides is 1. The normalized spacial score (nSPS) is 19.1. The second kappa shape index (κ2) is 7.85. The van der Waals surface area contributed by atoms with Crippen molar-refractivity contribution in [3.8, 4) is 0 Å². The molecule has 1 aromatic carbocycles. The summed E-state index contributed by atoms with van der Waals surface area (Å²) in [6, 6.07) is 9.89. The summed E-state index contributed by atoms with van der Waals surface area (Å²) in [5, 5.41) is 0. The molecule has 1 aromatic rings. The SMILES string of the molecule is CCN(CC1CCCCO1)C(=O)/C=C/c1ccccc1. The summed E-state index contributed by atoms with van der Waals surface area (Å²) in [5.41, 5.74) is 1.05. The highest BCUT2D eigenvalue weighted by atomic mass is 16.5. The van der Waals surface area contributed by atoms with Gasteiger partial charge in [-0.1, -0.05) is 30.3 Å². The molecule has 1 aliphatic heterocycles. The van der Waals surface area contributed by atoms with Crippen LogP contribution in [0.15, 0.2) is 36.4 Å². The van der Waals surface area contributed by atoms with Gasteiger partial charge < -0.3 is 9.64 Å². The predicted octanol–water partition coefficient (Wildman–Crippen LogP) is 3.12. The molecular formula is C17H23NO2. The quantitative estimate of drug-likeness (QED) is 0.771. The van der Waals surface area contributed by atoms with E-state index < -0.39 is 0 Å². The fourth-order valence-electron chi connectivity index (χ4n) is 2.41. The van der Waals surface area contributed by atoms with Gasteiger partial charge in [0.2, 0.25) is 5.91 Å². The molecule has 1 fully saturated rings. The molecule has 0 N–H and O–H groups in total. The molecule has 1 atom stereocenters. The van der Waals surface area contributed by atoms with Crippen LogP contribution in [-0.2, 0) is 9.53 Å². The van der Waals surface area contributed by atoms with Crippen molar-refractivity contribution in [3.63, 3.8) is 0 Å². The van der Waals surface area contributed by atoms with Crippen molar-refractivity contribution in [2.75, 3.05) is 19.7 Å². The lowest BCUT2D eigenvalue weighted by Crippen LogP contribution is -2.38. The highest BCUT2D eigenvalue weighted by Crippen LogP contribution is 2.14. The lowest BCUT2D eigenvalue weighted by atomic mass is 10.1. The standard InChI is InChI=1S/C17H23NO2/c1-2-18(14-16-10-6-7-13-20-16)17(19)12-11-15-8-4-3-5-9-15/h3-5,8-9,11-12,16H,2,6-7,10,13-14H2,1H3/b12-11+. The first-order valence-corrected chi connectivity index (χ1v) is 7.43. The molecule has 0 spiro atoms. The van der Waals surface area contributed by atoms with Crippen LogP contribution in [0.2, 0.25) is 0 Å². The zero-order valence-electron chi connectivity index (χ0n) is 12.1. The van der Waals surface area contributed by atoms with Crippen molar-refractivity contribution in [1.29, 1.82) is 0 Å². The fraction of sp³-hybridized carbons (Fsp3) is 0.471. The Morgan fingerprint density at radius 1 is 1.35 bits per heavy atom. The zero-order valence-corrected chi connectivity index (χ0v) is 12.1. The lowest BCUT2D eigenvalue weighted by molar-refractivity contribution is -0.128. The van der Waals surface area contributed by atoms with E-state index in [1.165, 1.54) is 6.42 Å². The van der Waals surface area contributed by atoms with Crippen LogP contribution in [0, 0.1) is 0 Å². The fourth-order valence-corrected chi connectivity index (χ4v) is 2.41. The summed E-state index contributed by atoms with van der Waals surface area (Å²) in [4.78, 5) is 14.1. The molecule has 1 saturated heterocycles. The monoisotopic (exact) mass is 273 g/mol. The Balaban J connectivity index is 1.89.